The fraction of sp³-hybridized carbons (Fsp3) is 0.455. The molecule has 1 aromatic rings. The molecule has 2 N–H and O–H groups in total. The summed E-state index contributed by atoms with van der Waals surface area (Å²) in [6.45, 7) is 4.37. The molecule has 0 bridgehead atoms. The Morgan fingerprint density at radius 2 is 2.13 bits per heavy atom. The third-order valence-corrected chi connectivity index (χ3v) is 2.82. The Morgan fingerprint density at radius 1 is 1.47 bits per heavy atom. The zero-order valence-corrected chi connectivity index (χ0v) is 10.5. The topological polar surface area (TPSA) is 35.2 Å². The maximum Gasteiger partial charge on any atom is 0.140 e. The van der Waals surface area contributed by atoms with Crippen molar-refractivity contribution in [2.45, 2.75) is 26.2 Å². The maximum atomic E-state index is 13.7. The largest absolute Gasteiger partial charge is 0.304 e. The quantitative estimate of drug-likeness (QED) is 0.857. The van der Waals surface area contributed by atoms with Crippen molar-refractivity contribution < 1.29 is 9.23 Å². The lowest BCUT2D eigenvalue weighted by Crippen LogP contribution is -2.05. The Labute approximate surface area is 97.7 Å². The van der Waals surface area contributed by atoms with Gasteiger partial charge in [0.15, 0.2) is 0 Å². The summed E-state index contributed by atoms with van der Waals surface area (Å²) in [4.78, 5) is 4.51. The molecule has 0 atom stereocenters. The molecule has 0 saturated heterocycles. The molecule has 0 aliphatic heterocycles. The fourth-order valence-corrected chi connectivity index (χ4v) is 1.93. The molecule has 4 heteroatoms. The van der Waals surface area contributed by atoms with Crippen LogP contribution in [-0.4, -0.2) is 6.61 Å². The van der Waals surface area contributed by atoms with Crippen molar-refractivity contribution in [2.75, 3.05) is 6.61 Å². The zero-order chi connectivity index (χ0) is 11.4. The van der Waals surface area contributed by atoms with Crippen LogP contribution in [0.5, 0.6) is 0 Å². The summed E-state index contributed by atoms with van der Waals surface area (Å²) < 4.78 is 14.2. The van der Waals surface area contributed by atoms with Crippen molar-refractivity contribution in [1.82, 2.24) is 0 Å². The van der Waals surface area contributed by atoms with Gasteiger partial charge in [-0.1, -0.05) is 19.9 Å². The van der Waals surface area contributed by atoms with Crippen LogP contribution in [0.3, 0.4) is 0 Å². The Bertz CT molecular complexity index is 342. The van der Waals surface area contributed by atoms with Crippen LogP contribution in [0.15, 0.2) is 16.6 Å². The highest BCUT2D eigenvalue weighted by Crippen LogP contribution is 2.26. The van der Waals surface area contributed by atoms with E-state index in [-0.39, 0.29) is 11.7 Å². The van der Waals surface area contributed by atoms with E-state index in [2.05, 4.69) is 20.8 Å². The van der Waals surface area contributed by atoms with Crippen molar-refractivity contribution in [3.05, 3.63) is 33.5 Å². The molecule has 0 radical (unpaired) electrons. The second-order valence-electron chi connectivity index (χ2n) is 3.76. The second kappa shape index (κ2) is 5.58. The first kappa shape index (κ1) is 12.6. The normalized spacial score (nSPS) is 11.1. The number of hydrogen-bond donors (Lipinski definition) is 1. The number of benzene rings is 1. The van der Waals surface area contributed by atoms with Crippen LogP contribution in [0.4, 0.5) is 4.39 Å². The Kier molecular flexibility index (Phi) is 4.70. The molecule has 0 aliphatic carbocycles. The van der Waals surface area contributed by atoms with Crippen molar-refractivity contribution in [2.24, 2.45) is 5.90 Å². The molecule has 0 heterocycles. The Balaban J connectivity index is 3.00. The molecule has 0 fully saturated rings. The lowest BCUT2D eigenvalue weighted by Gasteiger charge is -2.11. The predicted molar refractivity (Wildman–Crippen MR) is 62.0 cm³/mol. The average Bonchev–Trinajstić information content (AvgIpc) is 2.19. The molecule has 0 amide bonds. The molecule has 0 aromatic heterocycles. The standard InChI is InChI=1S/C11H15BrFNO/c1-7(2)9-5-8(3-4-15-14)6-10(12)11(9)13/h5-7H,3-4,14H2,1-2H3. The zero-order valence-electron chi connectivity index (χ0n) is 8.89. The van der Waals surface area contributed by atoms with E-state index >= 15 is 0 Å². The van der Waals surface area contributed by atoms with Crippen LogP contribution in [0, 0.1) is 5.82 Å². The summed E-state index contributed by atoms with van der Waals surface area (Å²) in [7, 11) is 0. The fourth-order valence-electron chi connectivity index (χ4n) is 1.41. The first-order valence-corrected chi connectivity index (χ1v) is 5.65. The van der Waals surface area contributed by atoms with Crippen molar-refractivity contribution in [1.29, 1.82) is 0 Å². The molecule has 15 heavy (non-hydrogen) atoms. The van der Waals surface area contributed by atoms with Gasteiger partial charge in [0.2, 0.25) is 0 Å². The number of halogens is 2. The van der Waals surface area contributed by atoms with Crippen LogP contribution in [-0.2, 0) is 11.3 Å². The van der Waals surface area contributed by atoms with Crippen LogP contribution in [0.1, 0.15) is 30.9 Å². The summed E-state index contributed by atoms with van der Waals surface area (Å²) in [5, 5.41) is 0. The molecular formula is C11H15BrFNO. The summed E-state index contributed by atoms with van der Waals surface area (Å²) in [6.07, 6.45) is 0.690. The number of rotatable bonds is 4. The highest BCUT2D eigenvalue weighted by atomic mass is 79.9. The van der Waals surface area contributed by atoms with Gasteiger partial charge in [-0.05, 0) is 45.5 Å². The van der Waals surface area contributed by atoms with Gasteiger partial charge in [-0.3, -0.25) is 0 Å². The van der Waals surface area contributed by atoms with Gasteiger partial charge in [0.1, 0.15) is 5.82 Å². The first-order chi connectivity index (χ1) is 7.06. The predicted octanol–water partition coefficient (Wildman–Crippen LogP) is 3.14. The van der Waals surface area contributed by atoms with Gasteiger partial charge >= 0.3 is 0 Å². The SMILES string of the molecule is CC(C)c1cc(CCON)cc(Br)c1F. The smallest absolute Gasteiger partial charge is 0.140 e. The molecule has 84 valence electrons. The molecule has 1 rings (SSSR count). The van der Waals surface area contributed by atoms with Crippen molar-refractivity contribution >= 4 is 15.9 Å². The van der Waals surface area contributed by atoms with E-state index in [4.69, 9.17) is 5.90 Å². The highest BCUT2D eigenvalue weighted by molar-refractivity contribution is 9.10. The molecule has 0 aliphatic rings. The van der Waals surface area contributed by atoms with Crippen molar-refractivity contribution in [3.8, 4) is 0 Å². The van der Waals surface area contributed by atoms with Crippen LogP contribution >= 0.6 is 15.9 Å². The lowest BCUT2D eigenvalue weighted by molar-refractivity contribution is 0.141. The summed E-state index contributed by atoms with van der Waals surface area (Å²) in [5.41, 5.74) is 1.74. The van der Waals surface area contributed by atoms with E-state index in [0.29, 0.717) is 17.5 Å². The van der Waals surface area contributed by atoms with Gasteiger partial charge in [0.05, 0.1) is 11.1 Å². The molecule has 1 aromatic carbocycles. The summed E-state index contributed by atoms with van der Waals surface area (Å²) in [5.74, 6) is 4.94. The van der Waals surface area contributed by atoms with E-state index in [1.807, 2.05) is 19.9 Å². The molecule has 2 nitrogen and oxygen atoms in total. The number of nitrogens with two attached hydrogens (primary N) is 1. The van der Waals surface area contributed by atoms with Gasteiger partial charge in [-0.15, -0.1) is 0 Å². The molecular weight excluding hydrogens is 261 g/mol. The van der Waals surface area contributed by atoms with E-state index in [9.17, 15) is 4.39 Å². The minimum absolute atomic E-state index is 0.167. The molecule has 0 unspecified atom stereocenters. The summed E-state index contributed by atoms with van der Waals surface area (Å²) in [6, 6.07) is 3.63. The highest BCUT2D eigenvalue weighted by Gasteiger charge is 2.11. The van der Waals surface area contributed by atoms with E-state index in [1.54, 1.807) is 6.07 Å². The summed E-state index contributed by atoms with van der Waals surface area (Å²) >= 11 is 3.21. The van der Waals surface area contributed by atoms with E-state index in [0.717, 1.165) is 11.1 Å². The minimum Gasteiger partial charge on any atom is -0.304 e. The third-order valence-electron chi connectivity index (χ3n) is 2.25. The van der Waals surface area contributed by atoms with Gasteiger partial charge in [-0.25, -0.2) is 10.3 Å². The van der Waals surface area contributed by atoms with E-state index < -0.39 is 0 Å². The molecule has 0 spiro atoms. The maximum absolute atomic E-state index is 13.7. The van der Waals surface area contributed by atoms with Gasteiger partial charge in [0.25, 0.3) is 0 Å². The van der Waals surface area contributed by atoms with Crippen LogP contribution < -0.4 is 5.90 Å². The average molecular weight is 276 g/mol. The molecule has 0 saturated carbocycles. The van der Waals surface area contributed by atoms with Gasteiger partial charge in [0, 0.05) is 0 Å². The Hall–Kier alpha value is -0.450. The third kappa shape index (κ3) is 3.26. The lowest BCUT2D eigenvalue weighted by atomic mass is 9.99. The number of hydrogen-bond acceptors (Lipinski definition) is 2. The minimum atomic E-state index is -0.178. The van der Waals surface area contributed by atoms with Gasteiger partial charge < -0.3 is 4.84 Å². The van der Waals surface area contributed by atoms with E-state index in [1.165, 1.54) is 0 Å². The van der Waals surface area contributed by atoms with Crippen LogP contribution in [0.25, 0.3) is 0 Å². The Morgan fingerprint density at radius 3 is 2.67 bits per heavy atom. The van der Waals surface area contributed by atoms with Crippen LogP contribution in [0.2, 0.25) is 0 Å². The first-order valence-electron chi connectivity index (χ1n) is 4.85. The van der Waals surface area contributed by atoms with Crippen molar-refractivity contribution in [3.63, 3.8) is 0 Å². The second-order valence-corrected chi connectivity index (χ2v) is 4.61. The van der Waals surface area contributed by atoms with Gasteiger partial charge in [-0.2, -0.15) is 0 Å². The monoisotopic (exact) mass is 275 g/mol.